The van der Waals surface area contributed by atoms with E-state index in [0.29, 0.717) is 12.1 Å². The van der Waals surface area contributed by atoms with Gasteiger partial charge in [-0.15, -0.1) is 0 Å². The van der Waals surface area contributed by atoms with Crippen molar-refractivity contribution in [1.29, 1.82) is 0 Å². The first-order valence-electron chi connectivity index (χ1n) is 15.2. The molecular formula is C33H37F9N4O4. The highest BCUT2D eigenvalue weighted by atomic mass is 19.4. The number of aliphatic carboxylic acids is 1. The molecule has 0 bridgehead atoms. The van der Waals surface area contributed by atoms with Crippen LogP contribution in [0.4, 0.5) is 39.5 Å². The molecule has 1 aliphatic heterocycles. The molecule has 1 amide bonds. The number of halogens is 9. The lowest BCUT2D eigenvalue weighted by atomic mass is 9.76. The maximum Gasteiger partial charge on any atom is 0.417 e. The Kier molecular flexibility index (Phi) is 12.4. The molecule has 1 saturated heterocycles. The number of pyridine rings is 1. The minimum absolute atomic E-state index is 0.0585. The molecule has 1 fully saturated rings. The molecule has 2 aromatic carbocycles. The Balaban J connectivity index is 0.000000279. The number of carbonyl (C=O) groups excluding carboxylic acids is 1. The van der Waals surface area contributed by atoms with E-state index in [9.17, 15) is 53.9 Å². The number of hydrogen-bond acceptors (Lipinski definition) is 5. The molecule has 1 aliphatic rings. The van der Waals surface area contributed by atoms with Gasteiger partial charge in [-0.1, -0.05) is 35.9 Å². The number of aryl methyl sites for hydroxylation is 2. The fourth-order valence-corrected chi connectivity index (χ4v) is 5.95. The predicted molar refractivity (Wildman–Crippen MR) is 166 cm³/mol. The molecule has 3 aromatic rings. The van der Waals surface area contributed by atoms with Gasteiger partial charge >= 0.3 is 24.5 Å². The van der Waals surface area contributed by atoms with E-state index in [0.717, 1.165) is 16.0 Å². The number of carbonyl (C=O) groups is 2. The van der Waals surface area contributed by atoms with E-state index in [2.05, 4.69) is 0 Å². The van der Waals surface area contributed by atoms with Crippen molar-refractivity contribution in [3.63, 3.8) is 0 Å². The molecule has 2 N–H and O–H groups in total. The van der Waals surface area contributed by atoms with E-state index in [1.807, 2.05) is 38.1 Å². The zero-order valence-electron chi connectivity index (χ0n) is 27.6. The second-order valence-corrected chi connectivity index (χ2v) is 12.5. The van der Waals surface area contributed by atoms with Gasteiger partial charge < -0.3 is 19.9 Å². The van der Waals surface area contributed by atoms with E-state index < -0.39 is 86.0 Å². The number of alkyl halides is 9. The standard InChI is InChI=1S/C22H23F3N2O.C11H14F6N2O3/c1-14-6-5-7-15(10-14)11-18-20(22(23,24)25)17-12-16(13-26(2)3)8-9-19(17)27(4)21(18)28;12-10(13,14)6-19-3-1-9(2-4-19,11(15,16)17)8(22)18-5-7(20)21/h5-10,12H,11,13H2,1-4H3;1-6H2,(H,18,22)(H,20,21). The summed E-state index contributed by atoms with van der Waals surface area (Å²) < 4.78 is 120. The molecule has 8 nitrogen and oxygen atoms in total. The van der Waals surface area contributed by atoms with Crippen LogP contribution in [0.3, 0.4) is 0 Å². The minimum Gasteiger partial charge on any atom is -0.480 e. The number of aromatic nitrogens is 1. The lowest BCUT2D eigenvalue weighted by Crippen LogP contribution is -2.57. The van der Waals surface area contributed by atoms with E-state index in [1.165, 1.54) is 11.6 Å². The zero-order valence-corrected chi connectivity index (χ0v) is 27.6. The first-order valence-corrected chi connectivity index (χ1v) is 15.2. The highest BCUT2D eigenvalue weighted by Gasteiger charge is 2.61. The summed E-state index contributed by atoms with van der Waals surface area (Å²) in [5, 5.41) is 10.1. The molecule has 50 heavy (non-hydrogen) atoms. The van der Waals surface area contributed by atoms with Gasteiger partial charge in [0, 0.05) is 31.0 Å². The van der Waals surface area contributed by atoms with Crippen LogP contribution in [0.25, 0.3) is 10.9 Å². The monoisotopic (exact) mass is 724 g/mol. The second-order valence-electron chi connectivity index (χ2n) is 12.5. The summed E-state index contributed by atoms with van der Waals surface area (Å²) in [5.74, 6) is -3.03. The lowest BCUT2D eigenvalue weighted by molar-refractivity contribution is -0.236. The number of nitrogens with zero attached hydrogens (tertiary/aromatic N) is 3. The third-order valence-corrected chi connectivity index (χ3v) is 8.29. The van der Waals surface area contributed by atoms with Gasteiger partial charge in [0.05, 0.1) is 17.6 Å². The summed E-state index contributed by atoms with van der Waals surface area (Å²) in [5.41, 5.74) is -1.83. The topological polar surface area (TPSA) is 94.9 Å². The number of carboxylic acids is 1. The average Bonchev–Trinajstić information content (AvgIpc) is 2.97. The highest BCUT2D eigenvalue weighted by Crippen LogP contribution is 2.47. The average molecular weight is 725 g/mol. The first-order chi connectivity index (χ1) is 22.9. The molecule has 17 heteroatoms. The molecule has 0 saturated carbocycles. The number of fused-ring (bicyclic) bond motifs is 1. The number of benzene rings is 2. The quantitative estimate of drug-likeness (QED) is 0.281. The maximum atomic E-state index is 14.1. The summed E-state index contributed by atoms with van der Waals surface area (Å²) in [6.07, 6.45) is -15.9. The number of rotatable bonds is 8. The van der Waals surface area contributed by atoms with Gasteiger partial charge in [-0.2, -0.15) is 39.5 Å². The third-order valence-electron chi connectivity index (χ3n) is 8.29. The van der Waals surface area contributed by atoms with Gasteiger partial charge in [0.25, 0.3) is 5.56 Å². The highest BCUT2D eigenvalue weighted by molar-refractivity contribution is 5.87. The van der Waals surface area contributed by atoms with Gasteiger partial charge in [0.15, 0.2) is 0 Å². The molecule has 0 atom stereocenters. The van der Waals surface area contributed by atoms with E-state index in [4.69, 9.17) is 5.11 Å². The first kappa shape index (κ1) is 40.3. The van der Waals surface area contributed by atoms with Crippen LogP contribution in [0.2, 0.25) is 0 Å². The van der Waals surface area contributed by atoms with Crippen LogP contribution in [0.15, 0.2) is 47.3 Å². The van der Waals surface area contributed by atoms with Crippen LogP contribution >= 0.6 is 0 Å². The van der Waals surface area contributed by atoms with E-state index in [1.54, 1.807) is 35.6 Å². The Morgan fingerprint density at radius 3 is 2.06 bits per heavy atom. The van der Waals surface area contributed by atoms with Gasteiger partial charge in [0.1, 0.15) is 12.0 Å². The van der Waals surface area contributed by atoms with Crippen molar-refractivity contribution in [2.45, 2.75) is 51.3 Å². The fourth-order valence-electron chi connectivity index (χ4n) is 5.95. The lowest BCUT2D eigenvalue weighted by Gasteiger charge is -2.41. The minimum atomic E-state index is -4.97. The van der Waals surface area contributed by atoms with Crippen LogP contribution in [0.1, 0.15) is 40.7 Å². The van der Waals surface area contributed by atoms with Gasteiger partial charge in [-0.25, -0.2) is 0 Å². The molecule has 0 radical (unpaired) electrons. The summed E-state index contributed by atoms with van der Waals surface area (Å²) in [7, 11) is 5.24. The normalized spacial score (nSPS) is 15.5. The Morgan fingerprint density at radius 2 is 1.56 bits per heavy atom. The van der Waals surface area contributed by atoms with Crippen LogP contribution < -0.4 is 10.9 Å². The van der Waals surface area contributed by atoms with Gasteiger partial charge in [0.2, 0.25) is 5.91 Å². The maximum absolute atomic E-state index is 14.1. The molecule has 0 aliphatic carbocycles. The van der Waals surface area contributed by atoms with E-state index in [-0.39, 0.29) is 22.9 Å². The summed E-state index contributed by atoms with van der Waals surface area (Å²) in [6.45, 7) is -1.05. The molecule has 0 spiro atoms. The molecule has 276 valence electrons. The van der Waals surface area contributed by atoms with Crippen molar-refractivity contribution in [2.75, 3.05) is 40.3 Å². The summed E-state index contributed by atoms with van der Waals surface area (Å²) >= 11 is 0. The zero-order chi connectivity index (χ0) is 37.8. The second kappa shape index (κ2) is 15.4. The number of piperidine rings is 1. The number of hydrogen-bond donors (Lipinski definition) is 2. The fraction of sp³-hybridized carbons (Fsp3) is 0.485. The Bertz CT molecular complexity index is 1740. The smallest absolute Gasteiger partial charge is 0.417 e. The van der Waals surface area contributed by atoms with Gasteiger partial charge in [-0.05, 0) is 70.2 Å². The van der Waals surface area contributed by atoms with Crippen molar-refractivity contribution in [3.8, 4) is 0 Å². The molecule has 0 unspecified atom stereocenters. The molecule has 4 rings (SSSR count). The van der Waals surface area contributed by atoms with Crippen LogP contribution in [0, 0.1) is 12.3 Å². The Hall–Kier alpha value is -4.12. The SMILES string of the molecule is Cc1cccc(Cc2c(C(F)(F)F)c3cc(CN(C)C)ccc3n(C)c2=O)c1.O=C(O)CNC(=O)C1(C(F)(F)F)CCN(CC(F)(F)F)CC1. The molecule has 2 heterocycles. The van der Waals surface area contributed by atoms with Crippen molar-refractivity contribution >= 4 is 22.8 Å². The number of nitrogens with one attached hydrogen (secondary N) is 1. The Labute approximate surface area is 281 Å². The summed E-state index contributed by atoms with van der Waals surface area (Å²) in [4.78, 5) is 37.6. The van der Waals surface area contributed by atoms with Crippen LogP contribution in [-0.4, -0.2) is 84.0 Å². The van der Waals surface area contributed by atoms with E-state index >= 15 is 0 Å². The number of carboxylic acid groups (broad SMARTS) is 1. The predicted octanol–water partition coefficient (Wildman–Crippen LogP) is 5.91. The molecular weight excluding hydrogens is 687 g/mol. The molecule has 1 aromatic heterocycles. The summed E-state index contributed by atoms with van der Waals surface area (Å²) in [6, 6.07) is 12.1. The number of amides is 1. The largest absolute Gasteiger partial charge is 0.480 e. The third kappa shape index (κ3) is 9.99. The van der Waals surface area contributed by atoms with Crippen molar-refractivity contribution < 1.29 is 54.2 Å². The van der Waals surface area contributed by atoms with Crippen molar-refractivity contribution in [2.24, 2.45) is 12.5 Å². The van der Waals surface area contributed by atoms with Crippen LogP contribution in [0.5, 0.6) is 0 Å². The number of likely N-dealkylation sites (tertiary alicyclic amines) is 1. The van der Waals surface area contributed by atoms with Gasteiger partial charge in [-0.3, -0.25) is 19.3 Å². The Morgan fingerprint density at radius 1 is 0.940 bits per heavy atom. The van der Waals surface area contributed by atoms with Crippen molar-refractivity contribution in [1.82, 2.24) is 19.7 Å². The van der Waals surface area contributed by atoms with Crippen LogP contribution in [-0.2, 0) is 35.8 Å². The van der Waals surface area contributed by atoms with Crippen molar-refractivity contribution in [3.05, 3.63) is 80.6 Å².